The summed E-state index contributed by atoms with van der Waals surface area (Å²) >= 11 is 0. The smallest absolute Gasteiger partial charge is 0.356 e. The molecule has 0 bridgehead atoms. The normalized spacial score (nSPS) is 17.7. The first-order chi connectivity index (χ1) is 7.94. The van der Waals surface area contributed by atoms with Crippen LogP contribution in [-0.4, -0.2) is 46.7 Å². The molecule has 0 aromatic carbocycles. The molecule has 1 aromatic heterocycles. The topological polar surface area (TPSA) is 109 Å². The van der Waals surface area contributed by atoms with Gasteiger partial charge in [0.25, 0.3) is 0 Å². The number of carboxylic acids is 1. The molecule has 0 aliphatic carbocycles. The van der Waals surface area contributed by atoms with Gasteiger partial charge in [0.05, 0.1) is 30.4 Å². The van der Waals surface area contributed by atoms with Crippen molar-refractivity contribution < 1.29 is 23.4 Å². The van der Waals surface area contributed by atoms with E-state index < -0.39 is 15.8 Å². The molecule has 1 aliphatic heterocycles. The highest BCUT2D eigenvalue weighted by Gasteiger charge is 2.30. The third-order valence-electron chi connectivity index (χ3n) is 2.70. The minimum atomic E-state index is -3.18. The molecule has 2 heterocycles. The maximum atomic E-state index is 11.5. The van der Waals surface area contributed by atoms with Crippen molar-refractivity contribution in [1.82, 2.24) is 9.78 Å². The number of aromatic nitrogens is 2. The minimum absolute atomic E-state index is 0.0505. The van der Waals surface area contributed by atoms with Crippen molar-refractivity contribution in [2.24, 2.45) is 0 Å². The van der Waals surface area contributed by atoms with Gasteiger partial charge in [0.15, 0.2) is 15.5 Å². The first-order valence-electron chi connectivity index (χ1n) is 5.08. The Balaban J connectivity index is 2.54. The van der Waals surface area contributed by atoms with Crippen LogP contribution in [0.15, 0.2) is 0 Å². The number of aliphatic hydroxyl groups excluding tert-OH is 1. The second-order valence-electron chi connectivity index (χ2n) is 3.87. The van der Waals surface area contributed by atoms with Crippen LogP contribution in [-0.2, 0) is 28.6 Å². The van der Waals surface area contributed by atoms with Crippen LogP contribution in [0.2, 0.25) is 0 Å². The van der Waals surface area contributed by atoms with Crippen LogP contribution in [0, 0.1) is 0 Å². The van der Waals surface area contributed by atoms with E-state index in [2.05, 4.69) is 5.10 Å². The molecule has 2 rings (SSSR count). The second-order valence-corrected chi connectivity index (χ2v) is 6.05. The molecule has 0 fully saturated rings. The van der Waals surface area contributed by atoms with Gasteiger partial charge in [-0.1, -0.05) is 0 Å². The van der Waals surface area contributed by atoms with Gasteiger partial charge in [-0.2, -0.15) is 5.10 Å². The fourth-order valence-corrected chi connectivity index (χ4v) is 3.35. The molecule has 94 valence electrons. The van der Waals surface area contributed by atoms with E-state index in [1.807, 2.05) is 0 Å². The molecule has 8 heteroatoms. The molecule has 7 nitrogen and oxygen atoms in total. The van der Waals surface area contributed by atoms with E-state index in [9.17, 15) is 13.2 Å². The molecule has 0 radical (unpaired) electrons. The van der Waals surface area contributed by atoms with E-state index in [1.165, 1.54) is 4.68 Å². The largest absolute Gasteiger partial charge is 0.476 e. The van der Waals surface area contributed by atoms with Crippen LogP contribution in [0.25, 0.3) is 0 Å². The molecule has 0 amide bonds. The summed E-state index contributed by atoms with van der Waals surface area (Å²) in [6, 6.07) is 0. The van der Waals surface area contributed by atoms with Gasteiger partial charge in [-0.25, -0.2) is 13.2 Å². The van der Waals surface area contributed by atoms with Crippen molar-refractivity contribution in [1.29, 1.82) is 0 Å². The predicted molar refractivity (Wildman–Crippen MR) is 57.5 cm³/mol. The van der Waals surface area contributed by atoms with E-state index in [0.717, 1.165) is 0 Å². The molecule has 17 heavy (non-hydrogen) atoms. The molecule has 0 saturated heterocycles. The standard InChI is InChI=1S/C9H12N2O5S/c12-3-2-11-7-5-17(15,16)4-1-6(7)8(10-11)9(13)14/h12H,1-5H2,(H,13,14). The van der Waals surface area contributed by atoms with Gasteiger partial charge < -0.3 is 10.2 Å². The van der Waals surface area contributed by atoms with E-state index in [1.54, 1.807) is 0 Å². The average Bonchev–Trinajstić information content (AvgIpc) is 2.56. The second kappa shape index (κ2) is 4.11. The number of aromatic carboxylic acids is 1. The molecule has 1 aliphatic rings. The lowest BCUT2D eigenvalue weighted by molar-refractivity contribution is 0.0688. The van der Waals surface area contributed by atoms with Crippen LogP contribution in [0.3, 0.4) is 0 Å². The lowest BCUT2D eigenvalue weighted by atomic mass is 10.1. The van der Waals surface area contributed by atoms with Crippen LogP contribution < -0.4 is 0 Å². The third-order valence-corrected chi connectivity index (χ3v) is 4.24. The van der Waals surface area contributed by atoms with Gasteiger partial charge in [0, 0.05) is 5.56 Å². The highest BCUT2D eigenvalue weighted by atomic mass is 32.2. The molecule has 0 saturated carbocycles. The number of aliphatic hydroxyl groups is 1. The van der Waals surface area contributed by atoms with Crippen molar-refractivity contribution in [2.75, 3.05) is 12.4 Å². The van der Waals surface area contributed by atoms with E-state index in [-0.39, 0.29) is 36.8 Å². The summed E-state index contributed by atoms with van der Waals surface area (Å²) in [7, 11) is -3.18. The van der Waals surface area contributed by atoms with Crippen LogP contribution >= 0.6 is 0 Å². The average molecular weight is 260 g/mol. The number of carbonyl (C=O) groups is 1. The molecular weight excluding hydrogens is 248 g/mol. The fraction of sp³-hybridized carbons (Fsp3) is 0.556. The van der Waals surface area contributed by atoms with Crippen molar-refractivity contribution in [3.63, 3.8) is 0 Å². The Morgan fingerprint density at radius 1 is 1.47 bits per heavy atom. The monoisotopic (exact) mass is 260 g/mol. The Morgan fingerprint density at radius 3 is 2.76 bits per heavy atom. The Labute approximate surface area is 97.6 Å². The quantitative estimate of drug-likeness (QED) is 0.724. The van der Waals surface area contributed by atoms with Crippen molar-refractivity contribution in [3.8, 4) is 0 Å². The summed E-state index contributed by atoms with van der Waals surface area (Å²) in [5, 5.41) is 21.6. The molecule has 0 spiro atoms. The van der Waals surface area contributed by atoms with Crippen LogP contribution in [0.1, 0.15) is 21.7 Å². The molecule has 1 aromatic rings. The SMILES string of the molecule is O=C(O)c1nn(CCO)c2c1CCS(=O)(=O)C2. The Kier molecular flexibility index (Phi) is 2.92. The zero-order valence-electron chi connectivity index (χ0n) is 8.96. The number of sulfone groups is 1. The Hall–Kier alpha value is -1.41. The summed E-state index contributed by atoms with van der Waals surface area (Å²) in [6.07, 6.45) is 0.171. The fourth-order valence-electron chi connectivity index (χ4n) is 1.95. The number of hydrogen-bond acceptors (Lipinski definition) is 5. The summed E-state index contributed by atoms with van der Waals surface area (Å²) in [5.74, 6) is -1.43. The molecule has 2 N–H and O–H groups in total. The third kappa shape index (κ3) is 2.18. The number of hydrogen-bond donors (Lipinski definition) is 2. The van der Waals surface area contributed by atoms with Crippen LogP contribution in [0.5, 0.6) is 0 Å². The maximum absolute atomic E-state index is 11.5. The molecule has 0 unspecified atom stereocenters. The van der Waals surface area contributed by atoms with E-state index in [0.29, 0.717) is 11.3 Å². The van der Waals surface area contributed by atoms with Gasteiger partial charge in [-0.3, -0.25) is 4.68 Å². The summed E-state index contributed by atoms with van der Waals surface area (Å²) in [6.45, 7) is -0.113. The molecule has 0 atom stereocenters. The number of fused-ring (bicyclic) bond motifs is 1. The number of rotatable bonds is 3. The van der Waals surface area contributed by atoms with Gasteiger partial charge in [0.1, 0.15) is 0 Å². The van der Waals surface area contributed by atoms with Gasteiger partial charge >= 0.3 is 5.97 Å². The molecular formula is C9H12N2O5S. The van der Waals surface area contributed by atoms with Gasteiger partial charge in [-0.05, 0) is 6.42 Å². The zero-order valence-corrected chi connectivity index (χ0v) is 9.77. The van der Waals surface area contributed by atoms with E-state index >= 15 is 0 Å². The first kappa shape index (κ1) is 12.1. The lowest BCUT2D eigenvalue weighted by Gasteiger charge is -2.14. The van der Waals surface area contributed by atoms with Crippen molar-refractivity contribution in [2.45, 2.75) is 18.7 Å². The Morgan fingerprint density at radius 2 is 2.18 bits per heavy atom. The summed E-state index contributed by atoms with van der Waals surface area (Å²) in [5.41, 5.74) is 0.756. The summed E-state index contributed by atoms with van der Waals surface area (Å²) < 4.78 is 24.3. The summed E-state index contributed by atoms with van der Waals surface area (Å²) in [4.78, 5) is 11.0. The highest BCUT2D eigenvalue weighted by Crippen LogP contribution is 2.24. The number of carboxylic acid groups (broad SMARTS) is 1. The predicted octanol–water partition coefficient (Wildman–Crippen LogP) is -0.956. The highest BCUT2D eigenvalue weighted by molar-refractivity contribution is 7.90. The lowest BCUT2D eigenvalue weighted by Crippen LogP contribution is -2.22. The van der Waals surface area contributed by atoms with Crippen molar-refractivity contribution >= 4 is 15.8 Å². The van der Waals surface area contributed by atoms with Gasteiger partial charge in [0.2, 0.25) is 0 Å². The van der Waals surface area contributed by atoms with Crippen molar-refractivity contribution in [3.05, 3.63) is 17.0 Å². The zero-order chi connectivity index (χ0) is 12.6. The number of nitrogens with zero attached hydrogens (tertiary/aromatic N) is 2. The van der Waals surface area contributed by atoms with Crippen LogP contribution in [0.4, 0.5) is 0 Å². The van der Waals surface area contributed by atoms with E-state index in [4.69, 9.17) is 10.2 Å². The Bertz CT molecular complexity index is 560. The maximum Gasteiger partial charge on any atom is 0.356 e. The minimum Gasteiger partial charge on any atom is -0.476 e. The van der Waals surface area contributed by atoms with Gasteiger partial charge in [-0.15, -0.1) is 0 Å². The first-order valence-corrected chi connectivity index (χ1v) is 6.90.